The minimum Gasteiger partial charge on any atom is -0.497 e. The Balaban J connectivity index is 2.12. The molecule has 9 nitrogen and oxygen atoms in total. The lowest BCUT2D eigenvalue weighted by Crippen LogP contribution is -2.39. The third-order valence-electron chi connectivity index (χ3n) is 3.67. The maximum absolute atomic E-state index is 12.3. The summed E-state index contributed by atoms with van der Waals surface area (Å²) in [5.41, 5.74) is 0.321. The smallest absolute Gasteiger partial charge is 0.334 e. The van der Waals surface area contributed by atoms with Crippen LogP contribution in [0.2, 0.25) is 0 Å². The fraction of sp³-hybridized carbons (Fsp3) is 0.412. The Bertz CT molecular complexity index is 746. The van der Waals surface area contributed by atoms with Crippen LogP contribution in [0, 0.1) is 5.92 Å². The number of benzene rings is 1. The molecule has 0 bridgehead atoms. The number of urea groups is 1. The molecule has 140 valence electrons. The van der Waals surface area contributed by atoms with Gasteiger partial charge in [0.1, 0.15) is 18.0 Å². The molecule has 1 aromatic rings. The second kappa shape index (κ2) is 7.85. The predicted molar refractivity (Wildman–Crippen MR) is 91.8 cm³/mol. The molecule has 0 atom stereocenters. The first-order chi connectivity index (χ1) is 12.3. The van der Waals surface area contributed by atoms with E-state index in [4.69, 9.17) is 9.47 Å². The Hall–Kier alpha value is -3.10. The number of anilines is 1. The molecular formula is C17H21N3O6. The molecule has 1 aliphatic heterocycles. The van der Waals surface area contributed by atoms with Crippen molar-refractivity contribution in [2.45, 2.75) is 13.8 Å². The van der Waals surface area contributed by atoms with E-state index < -0.39 is 30.3 Å². The minimum absolute atomic E-state index is 0.00511. The number of amides is 5. The van der Waals surface area contributed by atoms with E-state index in [1.807, 2.05) is 13.8 Å². The number of hydrogen-bond donors (Lipinski definition) is 1. The molecule has 1 aliphatic rings. The topological polar surface area (TPSA) is 105 Å². The molecule has 1 aromatic carbocycles. The Labute approximate surface area is 150 Å². The molecule has 0 saturated carbocycles. The molecule has 5 amide bonds. The maximum atomic E-state index is 12.3. The second-order valence-electron chi connectivity index (χ2n) is 6.10. The highest BCUT2D eigenvalue weighted by Crippen LogP contribution is 2.29. The van der Waals surface area contributed by atoms with E-state index in [2.05, 4.69) is 5.32 Å². The van der Waals surface area contributed by atoms with E-state index in [0.29, 0.717) is 22.1 Å². The highest BCUT2D eigenvalue weighted by atomic mass is 16.5. The van der Waals surface area contributed by atoms with Gasteiger partial charge in [0.25, 0.3) is 0 Å². The molecule has 26 heavy (non-hydrogen) atoms. The van der Waals surface area contributed by atoms with Gasteiger partial charge in [0.15, 0.2) is 0 Å². The first-order valence-corrected chi connectivity index (χ1v) is 7.97. The van der Waals surface area contributed by atoms with Gasteiger partial charge >= 0.3 is 17.8 Å². The average Bonchev–Trinajstić information content (AvgIpc) is 2.79. The van der Waals surface area contributed by atoms with Crippen LogP contribution in [-0.2, 0) is 14.4 Å². The van der Waals surface area contributed by atoms with Gasteiger partial charge < -0.3 is 14.8 Å². The average molecular weight is 363 g/mol. The van der Waals surface area contributed by atoms with E-state index in [-0.39, 0.29) is 12.5 Å². The lowest BCUT2D eigenvalue weighted by Gasteiger charge is -2.17. The number of carbonyl (C=O) groups is 4. The Morgan fingerprint density at radius 3 is 2.31 bits per heavy atom. The van der Waals surface area contributed by atoms with Crippen LogP contribution in [0.25, 0.3) is 0 Å². The van der Waals surface area contributed by atoms with Gasteiger partial charge in [0, 0.05) is 12.6 Å². The zero-order valence-electron chi connectivity index (χ0n) is 15.1. The van der Waals surface area contributed by atoms with E-state index in [1.54, 1.807) is 18.2 Å². The van der Waals surface area contributed by atoms with Crippen LogP contribution in [-0.4, -0.2) is 60.9 Å². The van der Waals surface area contributed by atoms with Crippen molar-refractivity contribution in [3.8, 4) is 11.5 Å². The lowest BCUT2D eigenvalue weighted by atomic mass is 10.2. The SMILES string of the molecule is COc1ccc(OC)c(NC(=O)CN2C(=O)C(=O)N(CC(C)C)C2=O)c1. The number of rotatable bonds is 7. The largest absolute Gasteiger partial charge is 0.497 e. The Morgan fingerprint density at radius 2 is 1.73 bits per heavy atom. The van der Waals surface area contributed by atoms with Crippen molar-refractivity contribution in [1.29, 1.82) is 0 Å². The van der Waals surface area contributed by atoms with Crippen LogP contribution in [0.1, 0.15) is 13.8 Å². The van der Waals surface area contributed by atoms with Crippen LogP contribution < -0.4 is 14.8 Å². The molecule has 1 fully saturated rings. The maximum Gasteiger partial charge on any atom is 0.334 e. The van der Waals surface area contributed by atoms with Crippen LogP contribution in [0.4, 0.5) is 10.5 Å². The van der Waals surface area contributed by atoms with Gasteiger partial charge in [-0.3, -0.25) is 19.3 Å². The molecule has 0 unspecified atom stereocenters. The Morgan fingerprint density at radius 1 is 1.08 bits per heavy atom. The molecule has 1 heterocycles. The number of nitrogens with zero attached hydrogens (tertiary/aromatic N) is 2. The fourth-order valence-corrected chi connectivity index (χ4v) is 2.46. The van der Waals surface area contributed by atoms with Gasteiger partial charge in [0.2, 0.25) is 5.91 Å². The third-order valence-corrected chi connectivity index (χ3v) is 3.67. The van der Waals surface area contributed by atoms with E-state index in [0.717, 1.165) is 4.90 Å². The Kier molecular flexibility index (Phi) is 5.81. The lowest BCUT2D eigenvalue weighted by molar-refractivity contribution is -0.143. The summed E-state index contributed by atoms with van der Waals surface area (Å²) in [5, 5.41) is 2.55. The summed E-state index contributed by atoms with van der Waals surface area (Å²) in [6.07, 6.45) is 0. The highest BCUT2D eigenvalue weighted by molar-refractivity contribution is 6.45. The molecule has 1 N–H and O–H groups in total. The van der Waals surface area contributed by atoms with Crippen LogP contribution >= 0.6 is 0 Å². The van der Waals surface area contributed by atoms with Crippen LogP contribution in [0.5, 0.6) is 11.5 Å². The minimum atomic E-state index is -1.01. The zero-order valence-corrected chi connectivity index (χ0v) is 15.1. The van der Waals surface area contributed by atoms with Crippen molar-refractivity contribution in [1.82, 2.24) is 9.80 Å². The summed E-state index contributed by atoms with van der Waals surface area (Å²) in [4.78, 5) is 50.0. The molecule has 0 aliphatic carbocycles. The number of hydrogen-bond acceptors (Lipinski definition) is 6. The van der Waals surface area contributed by atoms with Crippen LogP contribution in [0.15, 0.2) is 18.2 Å². The molecule has 0 radical (unpaired) electrons. The summed E-state index contributed by atoms with van der Waals surface area (Å²) in [6, 6.07) is 4.01. The highest BCUT2D eigenvalue weighted by Gasteiger charge is 2.45. The number of imide groups is 2. The van der Waals surface area contributed by atoms with Crippen molar-refractivity contribution >= 4 is 29.4 Å². The van der Waals surface area contributed by atoms with Gasteiger partial charge in [0.05, 0.1) is 19.9 Å². The number of carbonyl (C=O) groups excluding carboxylic acids is 4. The first-order valence-electron chi connectivity index (χ1n) is 7.97. The standard InChI is InChI=1S/C17H21N3O6/c1-10(2)8-19-15(22)16(23)20(17(19)24)9-14(21)18-12-7-11(25-3)5-6-13(12)26-4/h5-7,10H,8-9H2,1-4H3,(H,18,21). The molecule has 2 rings (SSSR count). The third kappa shape index (κ3) is 3.93. The summed E-state index contributed by atoms with van der Waals surface area (Å²) in [6.45, 7) is 3.18. The fourth-order valence-electron chi connectivity index (χ4n) is 2.46. The van der Waals surface area contributed by atoms with Crippen LogP contribution in [0.3, 0.4) is 0 Å². The summed E-state index contributed by atoms with van der Waals surface area (Å²) in [7, 11) is 2.91. The van der Waals surface area contributed by atoms with Crippen molar-refractivity contribution in [3.63, 3.8) is 0 Å². The van der Waals surface area contributed by atoms with Crippen molar-refractivity contribution in [2.24, 2.45) is 5.92 Å². The van der Waals surface area contributed by atoms with Crippen molar-refractivity contribution in [3.05, 3.63) is 18.2 Å². The molecule has 9 heteroatoms. The molecule has 0 aromatic heterocycles. The van der Waals surface area contributed by atoms with E-state index >= 15 is 0 Å². The number of ether oxygens (including phenoxy) is 2. The zero-order chi connectivity index (χ0) is 19.4. The van der Waals surface area contributed by atoms with Gasteiger partial charge in [-0.05, 0) is 18.1 Å². The molecule has 1 saturated heterocycles. The first kappa shape index (κ1) is 19.2. The van der Waals surface area contributed by atoms with Gasteiger partial charge in [-0.15, -0.1) is 0 Å². The predicted octanol–water partition coefficient (Wildman–Crippen LogP) is 1.09. The quantitative estimate of drug-likeness (QED) is 0.574. The summed E-state index contributed by atoms with van der Waals surface area (Å²) >= 11 is 0. The van der Waals surface area contributed by atoms with Crippen molar-refractivity contribution in [2.75, 3.05) is 32.6 Å². The van der Waals surface area contributed by atoms with Gasteiger partial charge in [-0.25, -0.2) is 9.69 Å². The normalized spacial score (nSPS) is 14.3. The van der Waals surface area contributed by atoms with E-state index in [9.17, 15) is 19.2 Å². The number of methoxy groups -OCH3 is 2. The van der Waals surface area contributed by atoms with Gasteiger partial charge in [-0.2, -0.15) is 0 Å². The monoisotopic (exact) mass is 363 g/mol. The van der Waals surface area contributed by atoms with Gasteiger partial charge in [-0.1, -0.05) is 13.8 Å². The second-order valence-corrected chi connectivity index (χ2v) is 6.10. The molecule has 0 spiro atoms. The summed E-state index contributed by atoms with van der Waals surface area (Å²) < 4.78 is 10.2. The van der Waals surface area contributed by atoms with Crippen molar-refractivity contribution < 1.29 is 28.7 Å². The number of nitrogens with one attached hydrogen (secondary N) is 1. The summed E-state index contributed by atoms with van der Waals surface area (Å²) in [5.74, 6) is -1.69. The molecular weight excluding hydrogens is 342 g/mol. The van der Waals surface area contributed by atoms with E-state index in [1.165, 1.54) is 14.2 Å².